The highest BCUT2D eigenvalue weighted by Gasteiger charge is 2.20. The van der Waals surface area contributed by atoms with E-state index < -0.39 is 0 Å². The molecule has 0 aliphatic heterocycles. The van der Waals surface area contributed by atoms with Gasteiger partial charge in [-0.15, -0.1) is 10.2 Å². The summed E-state index contributed by atoms with van der Waals surface area (Å²) < 4.78 is 15.6. The first-order valence-corrected chi connectivity index (χ1v) is 10.4. The van der Waals surface area contributed by atoms with Crippen molar-refractivity contribution in [3.63, 3.8) is 0 Å². The number of rotatable bonds is 6. The van der Waals surface area contributed by atoms with Crippen LogP contribution < -0.4 is 5.32 Å². The summed E-state index contributed by atoms with van der Waals surface area (Å²) in [4.78, 5) is 12.3. The number of hydrogen-bond donors (Lipinski definition) is 1. The van der Waals surface area contributed by atoms with E-state index in [1.54, 1.807) is 12.1 Å². The number of para-hydroxylation sites is 1. The van der Waals surface area contributed by atoms with Gasteiger partial charge in [-0.1, -0.05) is 54.9 Å². The largest absolute Gasteiger partial charge is 0.353 e. The SMILES string of the molecule is O=C(CSc1nnc(-c2cccc(F)c2)n1-c1ccccc1)NC1CCCC1. The lowest BCUT2D eigenvalue weighted by molar-refractivity contribution is -0.119. The van der Waals surface area contributed by atoms with E-state index in [1.165, 1.54) is 36.7 Å². The molecule has 0 atom stereocenters. The lowest BCUT2D eigenvalue weighted by Crippen LogP contribution is -2.33. The second kappa shape index (κ2) is 8.56. The zero-order chi connectivity index (χ0) is 19.3. The van der Waals surface area contributed by atoms with E-state index in [0.717, 1.165) is 18.5 Å². The maximum atomic E-state index is 13.7. The molecule has 0 spiro atoms. The fraction of sp³-hybridized carbons (Fsp3) is 0.286. The number of amides is 1. The van der Waals surface area contributed by atoms with Crippen LogP contribution in [0.1, 0.15) is 25.7 Å². The standard InChI is InChI=1S/C21H21FN4OS/c22-16-8-6-7-15(13-16)20-24-25-21(26(20)18-11-2-1-3-12-18)28-14-19(27)23-17-9-4-5-10-17/h1-3,6-8,11-13,17H,4-5,9-10,14H2,(H,23,27). The molecule has 0 radical (unpaired) electrons. The molecule has 1 amide bonds. The Morgan fingerprint density at radius 1 is 1.11 bits per heavy atom. The number of nitrogens with zero attached hydrogens (tertiary/aromatic N) is 3. The van der Waals surface area contributed by atoms with Crippen LogP contribution in [0, 0.1) is 5.82 Å². The lowest BCUT2D eigenvalue weighted by Gasteiger charge is -2.12. The van der Waals surface area contributed by atoms with Gasteiger partial charge in [-0.3, -0.25) is 9.36 Å². The number of nitrogens with one attached hydrogen (secondary N) is 1. The van der Waals surface area contributed by atoms with Crippen molar-refractivity contribution in [2.45, 2.75) is 36.9 Å². The first-order valence-electron chi connectivity index (χ1n) is 9.39. The Labute approximate surface area is 167 Å². The van der Waals surface area contributed by atoms with Crippen LogP contribution in [-0.4, -0.2) is 32.5 Å². The third-order valence-electron chi connectivity index (χ3n) is 4.78. The molecule has 5 nitrogen and oxygen atoms in total. The first kappa shape index (κ1) is 18.7. The number of carbonyl (C=O) groups is 1. The molecule has 1 saturated carbocycles. The van der Waals surface area contributed by atoms with Crippen LogP contribution in [0.4, 0.5) is 4.39 Å². The predicted molar refractivity (Wildman–Crippen MR) is 108 cm³/mol. The van der Waals surface area contributed by atoms with Gasteiger partial charge in [-0.2, -0.15) is 0 Å². The summed E-state index contributed by atoms with van der Waals surface area (Å²) in [5, 5.41) is 12.2. The highest BCUT2D eigenvalue weighted by molar-refractivity contribution is 7.99. The number of hydrogen-bond acceptors (Lipinski definition) is 4. The Bertz CT molecular complexity index is 954. The summed E-state index contributed by atoms with van der Waals surface area (Å²) in [5.74, 6) is 0.492. The van der Waals surface area contributed by atoms with E-state index in [2.05, 4.69) is 15.5 Å². The summed E-state index contributed by atoms with van der Waals surface area (Å²) in [6.45, 7) is 0. The Morgan fingerprint density at radius 3 is 2.64 bits per heavy atom. The number of benzene rings is 2. The molecule has 0 unspecified atom stereocenters. The average molecular weight is 396 g/mol. The Balaban J connectivity index is 1.59. The van der Waals surface area contributed by atoms with Crippen LogP contribution >= 0.6 is 11.8 Å². The fourth-order valence-electron chi connectivity index (χ4n) is 3.46. The molecule has 1 heterocycles. The summed E-state index contributed by atoms with van der Waals surface area (Å²) >= 11 is 1.34. The maximum absolute atomic E-state index is 13.7. The smallest absolute Gasteiger partial charge is 0.230 e. The van der Waals surface area contributed by atoms with Gasteiger partial charge in [-0.25, -0.2) is 4.39 Å². The molecule has 0 saturated heterocycles. The van der Waals surface area contributed by atoms with E-state index in [4.69, 9.17) is 0 Å². The molecule has 1 aliphatic carbocycles. The van der Waals surface area contributed by atoms with Crippen LogP contribution in [0.5, 0.6) is 0 Å². The first-order chi connectivity index (χ1) is 13.7. The third kappa shape index (κ3) is 4.25. The molecular formula is C21H21FN4OS. The Hall–Kier alpha value is -2.67. The number of halogens is 1. The molecule has 28 heavy (non-hydrogen) atoms. The van der Waals surface area contributed by atoms with E-state index in [9.17, 15) is 9.18 Å². The zero-order valence-electron chi connectivity index (χ0n) is 15.3. The number of thioether (sulfide) groups is 1. The van der Waals surface area contributed by atoms with Gasteiger partial charge in [0.2, 0.25) is 5.91 Å². The highest BCUT2D eigenvalue weighted by atomic mass is 32.2. The summed E-state index contributed by atoms with van der Waals surface area (Å²) in [7, 11) is 0. The van der Waals surface area contributed by atoms with Gasteiger partial charge in [0.1, 0.15) is 5.82 Å². The van der Waals surface area contributed by atoms with Crippen molar-refractivity contribution < 1.29 is 9.18 Å². The van der Waals surface area contributed by atoms with Crippen molar-refractivity contribution in [2.75, 3.05) is 5.75 Å². The minimum atomic E-state index is -0.328. The van der Waals surface area contributed by atoms with Crippen molar-refractivity contribution in [3.05, 3.63) is 60.4 Å². The van der Waals surface area contributed by atoms with Gasteiger partial charge >= 0.3 is 0 Å². The van der Waals surface area contributed by atoms with Gasteiger partial charge in [0.15, 0.2) is 11.0 Å². The molecule has 7 heteroatoms. The van der Waals surface area contributed by atoms with Crippen LogP contribution in [0.2, 0.25) is 0 Å². The van der Waals surface area contributed by atoms with Crippen LogP contribution in [0.3, 0.4) is 0 Å². The normalized spacial score (nSPS) is 14.3. The summed E-state index contributed by atoms with van der Waals surface area (Å²) in [6, 6.07) is 16.2. The Morgan fingerprint density at radius 2 is 1.89 bits per heavy atom. The number of aromatic nitrogens is 3. The molecular weight excluding hydrogens is 375 g/mol. The minimum absolute atomic E-state index is 0.00631. The lowest BCUT2D eigenvalue weighted by atomic mass is 10.2. The predicted octanol–water partition coefficient (Wildman–Crippen LogP) is 4.22. The van der Waals surface area contributed by atoms with Crippen molar-refractivity contribution in [2.24, 2.45) is 0 Å². The molecule has 1 N–H and O–H groups in total. The highest BCUT2D eigenvalue weighted by Crippen LogP contribution is 2.28. The van der Waals surface area contributed by atoms with Gasteiger partial charge in [0.05, 0.1) is 5.75 Å². The van der Waals surface area contributed by atoms with Gasteiger partial charge in [0, 0.05) is 17.3 Å². The zero-order valence-corrected chi connectivity index (χ0v) is 16.2. The Kier molecular flexibility index (Phi) is 5.71. The fourth-order valence-corrected chi connectivity index (χ4v) is 4.22. The van der Waals surface area contributed by atoms with E-state index in [0.29, 0.717) is 22.6 Å². The second-order valence-corrected chi connectivity index (χ2v) is 7.77. The molecule has 3 aromatic rings. The monoisotopic (exact) mass is 396 g/mol. The molecule has 2 aromatic carbocycles. The summed E-state index contributed by atoms with van der Waals surface area (Å²) in [5.41, 5.74) is 1.50. The van der Waals surface area contributed by atoms with Crippen molar-refractivity contribution >= 4 is 17.7 Å². The molecule has 4 rings (SSSR count). The summed E-state index contributed by atoms with van der Waals surface area (Å²) in [6.07, 6.45) is 4.47. The molecule has 1 aliphatic rings. The topological polar surface area (TPSA) is 59.8 Å². The maximum Gasteiger partial charge on any atom is 0.230 e. The van der Waals surface area contributed by atoms with Crippen LogP contribution in [-0.2, 0) is 4.79 Å². The van der Waals surface area contributed by atoms with E-state index in [-0.39, 0.29) is 17.5 Å². The second-order valence-electron chi connectivity index (χ2n) is 6.83. The molecule has 0 bridgehead atoms. The minimum Gasteiger partial charge on any atom is -0.353 e. The van der Waals surface area contributed by atoms with Gasteiger partial charge in [0.25, 0.3) is 0 Å². The van der Waals surface area contributed by atoms with Crippen molar-refractivity contribution in [1.29, 1.82) is 0 Å². The van der Waals surface area contributed by atoms with E-state index in [1.807, 2.05) is 34.9 Å². The molecule has 144 valence electrons. The van der Waals surface area contributed by atoms with Crippen molar-refractivity contribution in [1.82, 2.24) is 20.1 Å². The van der Waals surface area contributed by atoms with E-state index >= 15 is 0 Å². The van der Waals surface area contributed by atoms with Crippen LogP contribution in [0.25, 0.3) is 17.1 Å². The van der Waals surface area contributed by atoms with Crippen LogP contribution in [0.15, 0.2) is 59.8 Å². The third-order valence-corrected chi connectivity index (χ3v) is 5.71. The molecule has 1 aromatic heterocycles. The van der Waals surface area contributed by atoms with Gasteiger partial charge < -0.3 is 5.32 Å². The van der Waals surface area contributed by atoms with Gasteiger partial charge in [-0.05, 0) is 37.1 Å². The molecule has 1 fully saturated rings. The number of carbonyl (C=O) groups excluding carboxylic acids is 1. The average Bonchev–Trinajstić information content (AvgIpc) is 3.36. The quantitative estimate of drug-likeness (QED) is 0.634. The van der Waals surface area contributed by atoms with Crippen molar-refractivity contribution in [3.8, 4) is 17.1 Å².